The number of benzene rings is 2. The van der Waals surface area contributed by atoms with Crippen molar-refractivity contribution in [2.24, 2.45) is 0 Å². The molecule has 1 N–H and O–H groups in total. The van der Waals surface area contributed by atoms with Crippen LogP contribution < -0.4 is 10.7 Å². The van der Waals surface area contributed by atoms with Gasteiger partial charge >= 0.3 is 5.97 Å². The number of carbonyl (C=O) groups excluding carboxylic acids is 1. The van der Waals surface area contributed by atoms with Crippen LogP contribution in [0.5, 0.6) is 0 Å². The number of thioether (sulfide) groups is 1. The van der Waals surface area contributed by atoms with Crippen LogP contribution in [0.3, 0.4) is 0 Å². The molecule has 0 amide bonds. The maximum atomic E-state index is 14.2. The molecule has 0 aliphatic rings. The molecule has 0 spiro atoms. The third-order valence-corrected chi connectivity index (χ3v) is 5.28. The highest BCUT2D eigenvalue weighted by Crippen LogP contribution is 2.31. The van der Waals surface area contributed by atoms with Gasteiger partial charge in [0.1, 0.15) is 17.0 Å². The number of hydrogen-bond acceptors (Lipinski definition) is 6. The first-order chi connectivity index (χ1) is 13.8. The molecule has 29 heavy (non-hydrogen) atoms. The van der Waals surface area contributed by atoms with E-state index in [1.807, 2.05) is 26.8 Å². The summed E-state index contributed by atoms with van der Waals surface area (Å²) in [5.41, 5.74) is 2.16. The van der Waals surface area contributed by atoms with Gasteiger partial charge < -0.3 is 14.5 Å². The van der Waals surface area contributed by atoms with E-state index in [9.17, 15) is 14.0 Å². The molecule has 1 heterocycles. The van der Waals surface area contributed by atoms with Crippen molar-refractivity contribution >= 4 is 34.4 Å². The summed E-state index contributed by atoms with van der Waals surface area (Å²) in [6.07, 6.45) is 0. The summed E-state index contributed by atoms with van der Waals surface area (Å²) in [6, 6.07) is 9.17. The van der Waals surface area contributed by atoms with Crippen molar-refractivity contribution in [2.75, 3.05) is 18.2 Å². The zero-order valence-electron chi connectivity index (χ0n) is 16.7. The number of hydrogen-bond donors (Lipinski definition) is 1. The number of aryl methyl sites for hydroxylation is 1. The van der Waals surface area contributed by atoms with Crippen LogP contribution in [0.4, 0.5) is 10.1 Å². The summed E-state index contributed by atoms with van der Waals surface area (Å²) in [5, 5.41) is 4.20. The third kappa shape index (κ3) is 4.29. The summed E-state index contributed by atoms with van der Waals surface area (Å²) < 4.78 is 25.0. The number of ether oxygens (including phenoxy) is 1. The molecule has 0 bridgehead atoms. The van der Waals surface area contributed by atoms with Gasteiger partial charge in [0.25, 0.3) is 0 Å². The molecular weight excluding hydrogens is 393 g/mol. The van der Waals surface area contributed by atoms with Crippen LogP contribution in [0.15, 0.2) is 50.7 Å². The van der Waals surface area contributed by atoms with Crippen LogP contribution in [0.25, 0.3) is 11.0 Å². The van der Waals surface area contributed by atoms with Gasteiger partial charge in [-0.25, -0.2) is 9.18 Å². The van der Waals surface area contributed by atoms with Crippen molar-refractivity contribution in [2.45, 2.75) is 31.9 Å². The largest absolute Gasteiger partial charge is 0.465 e. The molecule has 1 atom stereocenters. The lowest BCUT2D eigenvalue weighted by Crippen LogP contribution is -2.14. The van der Waals surface area contributed by atoms with Crippen LogP contribution in [0, 0.1) is 12.7 Å². The molecule has 0 saturated heterocycles. The van der Waals surface area contributed by atoms with Gasteiger partial charge in [0, 0.05) is 11.6 Å². The number of fused-ring (bicyclic) bond motifs is 1. The summed E-state index contributed by atoms with van der Waals surface area (Å²) in [5.74, 6) is -0.661. The van der Waals surface area contributed by atoms with E-state index < -0.39 is 11.8 Å². The average molecular weight is 415 g/mol. The van der Waals surface area contributed by atoms with Crippen LogP contribution in [0.1, 0.15) is 41.4 Å². The Bertz CT molecular complexity index is 1130. The van der Waals surface area contributed by atoms with Crippen LogP contribution in [-0.4, -0.2) is 18.8 Å². The molecule has 2 aromatic carbocycles. The van der Waals surface area contributed by atoms with Crippen LogP contribution >= 0.6 is 11.8 Å². The molecule has 3 rings (SSSR count). The van der Waals surface area contributed by atoms with Crippen molar-refractivity contribution < 1.29 is 18.3 Å². The monoisotopic (exact) mass is 415 g/mol. The number of carbonyl (C=O) groups is 1. The van der Waals surface area contributed by atoms with Crippen molar-refractivity contribution in [3.05, 3.63) is 69.1 Å². The normalized spacial score (nSPS) is 12.0. The van der Waals surface area contributed by atoms with E-state index >= 15 is 0 Å². The lowest BCUT2D eigenvalue weighted by molar-refractivity contribution is 0.0596. The number of halogens is 1. The van der Waals surface area contributed by atoms with E-state index in [0.29, 0.717) is 21.7 Å². The maximum Gasteiger partial charge on any atom is 0.342 e. The fourth-order valence-electron chi connectivity index (χ4n) is 3.21. The highest BCUT2D eigenvalue weighted by molar-refractivity contribution is 7.99. The first-order valence-electron chi connectivity index (χ1n) is 9.20. The molecule has 0 aliphatic carbocycles. The predicted octanol–water partition coefficient (Wildman–Crippen LogP) is 5.31. The summed E-state index contributed by atoms with van der Waals surface area (Å²) in [7, 11) is 1.21. The van der Waals surface area contributed by atoms with E-state index in [1.165, 1.54) is 37.1 Å². The molecule has 0 radical (unpaired) electrons. The van der Waals surface area contributed by atoms with Crippen molar-refractivity contribution in [3.8, 4) is 0 Å². The molecule has 3 aromatic rings. The molecule has 7 heteroatoms. The number of anilines is 1. The predicted molar refractivity (Wildman–Crippen MR) is 113 cm³/mol. The van der Waals surface area contributed by atoms with E-state index in [4.69, 9.17) is 9.15 Å². The van der Waals surface area contributed by atoms with Gasteiger partial charge in [0.15, 0.2) is 10.5 Å². The highest BCUT2D eigenvalue weighted by Gasteiger charge is 2.21. The Morgan fingerprint density at radius 2 is 2.07 bits per heavy atom. The Hall–Kier alpha value is -2.80. The quantitative estimate of drug-likeness (QED) is 0.435. The zero-order valence-corrected chi connectivity index (χ0v) is 17.5. The van der Waals surface area contributed by atoms with Crippen molar-refractivity contribution in [1.29, 1.82) is 0 Å². The van der Waals surface area contributed by atoms with Gasteiger partial charge in [-0.15, -0.1) is 0 Å². The number of nitrogens with one attached hydrogen (secondary N) is 1. The third-order valence-electron chi connectivity index (χ3n) is 4.51. The van der Waals surface area contributed by atoms with E-state index in [1.54, 1.807) is 12.1 Å². The standard InChI is InChI=1S/C22H22FNO4S/c1-5-29-19-11-18(25)15-10-12(2)9-14(21(15)28-19)13(3)24-17-8-6-7-16(23)20(17)22(26)27-4/h6-11,13,24H,5H2,1-4H3. The summed E-state index contributed by atoms with van der Waals surface area (Å²) >= 11 is 1.45. The SMILES string of the molecule is CCSc1cc(=O)c2cc(C)cc(C(C)Nc3cccc(F)c3C(=O)OC)c2o1. The number of rotatable bonds is 6. The first kappa shape index (κ1) is 20.9. The number of methoxy groups -OCH3 is 1. The summed E-state index contributed by atoms with van der Waals surface area (Å²) in [6.45, 7) is 5.74. The van der Waals surface area contributed by atoms with Gasteiger partial charge in [-0.1, -0.05) is 30.8 Å². The molecule has 0 aliphatic heterocycles. The Morgan fingerprint density at radius 3 is 2.76 bits per heavy atom. The molecule has 0 saturated carbocycles. The minimum absolute atomic E-state index is 0.111. The van der Waals surface area contributed by atoms with Gasteiger partial charge in [-0.2, -0.15) is 0 Å². The first-order valence-corrected chi connectivity index (χ1v) is 10.2. The summed E-state index contributed by atoms with van der Waals surface area (Å²) in [4.78, 5) is 24.6. The minimum Gasteiger partial charge on any atom is -0.465 e. The van der Waals surface area contributed by atoms with E-state index in [2.05, 4.69) is 5.32 Å². The fraction of sp³-hybridized carbons (Fsp3) is 0.273. The molecule has 1 unspecified atom stereocenters. The second kappa shape index (κ2) is 8.69. The van der Waals surface area contributed by atoms with Crippen LogP contribution in [-0.2, 0) is 4.74 Å². The Balaban J connectivity index is 2.11. The van der Waals surface area contributed by atoms with E-state index in [-0.39, 0.29) is 17.0 Å². The van der Waals surface area contributed by atoms with E-state index in [0.717, 1.165) is 16.9 Å². The molecule has 5 nitrogen and oxygen atoms in total. The smallest absolute Gasteiger partial charge is 0.342 e. The second-order valence-corrected chi connectivity index (χ2v) is 7.88. The zero-order chi connectivity index (χ0) is 21.1. The molecule has 1 aromatic heterocycles. The van der Waals surface area contributed by atoms with Gasteiger partial charge in [-0.05, 0) is 43.4 Å². The fourth-order valence-corrected chi connectivity index (χ4v) is 3.83. The average Bonchev–Trinajstić information content (AvgIpc) is 2.68. The Morgan fingerprint density at radius 1 is 1.31 bits per heavy atom. The topological polar surface area (TPSA) is 68.5 Å². The molecule has 0 fully saturated rings. The lowest BCUT2D eigenvalue weighted by Gasteiger charge is -2.20. The molecule has 152 valence electrons. The van der Waals surface area contributed by atoms with Crippen LogP contribution in [0.2, 0.25) is 0 Å². The van der Waals surface area contributed by atoms with Gasteiger partial charge in [0.2, 0.25) is 0 Å². The molecular formula is C22H22FNO4S. The van der Waals surface area contributed by atoms with Gasteiger partial charge in [0.05, 0.1) is 24.2 Å². The van der Waals surface area contributed by atoms with Crippen molar-refractivity contribution in [1.82, 2.24) is 0 Å². The van der Waals surface area contributed by atoms with Crippen molar-refractivity contribution in [3.63, 3.8) is 0 Å². The maximum absolute atomic E-state index is 14.2. The Kier molecular flexibility index (Phi) is 6.27. The Labute approximate surface area is 172 Å². The minimum atomic E-state index is -0.764. The highest BCUT2D eigenvalue weighted by atomic mass is 32.2. The lowest BCUT2D eigenvalue weighted by atomic mass is 10.0. The second-order valence-electron chi connectivity index (χ2n) is 6.61. The number of esters is 1. The van der Waals surface area contributed by atoms with Gasteiger partial charge in [-0.3, -0.25) is 4.79 Å².